The molecule has 0 bridgehead atoms. The van der Waals surface area contributed by atoms with Crippen LogP contribution < -0.4 is 5.32 Å². The van der Waals surface area contributed by atoms with Gasteiger partial charge in [-0.2, -0.15) is 4.98 Å². The lowest BCUT2D eigenvalue weighted by molar-refractivity contribution is -0.0306. The minimum atomic E-state index is -0.415. The molecule has 0 aromatic carbocycles. The van der Waals surface area contributed by atoms with Gasteiger partial charge >= 0.3 is 0 Å². The molecule has 5 heteroatoms. The smallest absolute Gasteiger partial charge is 0.228 e. The fraction of sp³-hybridized carbons (Fsp3) is 0.857. The second kappa shape index (κ2) is 7.60. The third-order valence-electron chi connectivity index (χ3n) is 3.63. The summed E-state index contributed by atoms with van der Waals surface area (Å²) in [5.74, 6) is 1.34. The first-order valence-electron chi connectivity index (χ1n) is 7.23. The second-order valence-electron chi connectivity index (χ2n) is 4.98. The third kappa shape index (κ3) is 4.01. The molecule has 0 saturated heterocycles. The van der Waals surface area contributed by atoms with Crippen LogP contribution in [0.2, 0.25) is 0 Å². The molecule has 0 aliphatic carbocycles. The van der Waals surface area contributed by atoms with Crippen molar-refractivity contribution < 1.29 is 9.26 Å². The van der Waals surface area contributed by atoms with Crippen LogP contribution in [0.5, 0.6) is 0 Å². The quantitative estimate of drug-likeness (QED) is 0.747. The highest BCUT2D eigenvalue weighted by Crippen LogP contribution is 2.30. The summed E-state index contributed by atoms with van der Waals surface area (Å²) in [6.45, 7) is 9.44. The first kappa shape index (κ1) is 16.1. The van der Waals surface area contributed by atoms with Crippen molar-refractivity contribution in [1.29, 1.82) is 0 Å². The van der Waals surface area contributed by atoms with E-state index in [0.717, 1.165) is 32.2 Å². The van der Waals surface area contributed by atoms with Gasteiger partial charge in [-0.1, -0.05) is 25.9 Å². The molecule has 19 heavy (non-hydrogen) atoms. The molecule has 110 valence electrons. The van der Waals surface area contributed by atoms with Crippen molar-refractivity contribution in [2.24, 2.45) is 0 Å². The van der Waals surface area contributed by atoms with E-state index in [0.29, 0.717) is 17.8 Å². The van der Waals surface area contributed by atoms with Crippen LogP contribution in [0, 0.1) is 0 Å². The van der Waals surface area contributed by atoms with Crippen LogP contribution in [0.3, 0.4) is 0 Å². The Hall–Kier alpha value is -0.940. The number of hydrogen-bond acceptors (Lipinski definition) is 5. The van der Waals surface area contributed by atoms with Gasteiger partial charge in [0.15, 0.2) is 0 Å². The summed E-state index contributed by atoms with van der Waals surface area (Å²) >= 11 is 0. The van der Waals surface area contributed by atoms with Crippen molar-refractivity contribution >= 4 is 0 Å². The summed E-state index contributed by atoms with van der Waals surface area (Å²) < 4.78 is 11.0. The Morgan fingerprint density at radius 1 is 1.32 bits per heavy atom. The fourth-order valence-electron chi connectivity index (χ4n) is 2.19. The summed E-state index contributed by atoms with van der Waals surface area (Å²) in [6.07, 6.45) is 3.54. The van der Waals surface area contributed by atoms with Crippen LogP contribution in [0.25, 0.3) is 0 Å². The molecule has 1 aromatic rings. The van der Waals surface area contributed by atoms with Crippen LogP contribution >= 0.6 is 0 Å². The number of aromatic nitrogens is 2. The van der Waals surface area contributed by atoms with Gasteiger partial charge in [0.2, 0.25) is 11.7 Å². The maximum absolute atomic E-state index is 5.60. The summed E-state index contributed by atoms with van der Waals surface area (Å²) in [6, 6.07) is 0.341. The van der Waals surface area contributed by atoms with E-state index in [-0.39, 0.29) is 0 Å². The number of rotatable bonds is 9. The SMILES string of the molecule is CCCNC(C)Cc1nc(C(CC)(CC)OC)no1. The third-order valence-corrected chi connectivity index (χ3v) is 3.63. The Balaban J connectivity index is 2.70. The molecular formula is C14H27N3O2. The molecule has 1 heterocycles. The molecule has 0 radical (unpaired) electrons. The van der Waals surface area contributed by atoms with Gasteiger partial charge in [-0.15, -0.1) is 0 Å². The lowest BCUT2D eigenvalue weighted by Crippen LogP contribution is -2.29. The molecule has 0 amide bonds. The molecule has 1 atom stereocenters. The van der Waals surface area contributed by atoms with E-state index in [4.69, 9.17) is 9.26 Å². The van der Waals surface area contributed by atoms with Crippen LogP contribution in [0.15, 0.2) is 4.52 Å². The van der Waals surface area contributed by atoms with E-state index in [9.17, 15) is 0 Å². The molecule has 0 aliphatic rings. The molecule has 0 spiro atoms. The predicted molar refractivity (Wildman–Crippen MR) is 75.0 cm³/mol. The van der Waals surface area contributed by atoms with Crippen molar-refractivity contribution in [3.05, 3.63) is 11.7 Å². The van der Waals surface area contributed by atoms with Crippen molar-refractivity contribution in [2.75, 3.05) is 13.7 Å². The van der Waals surface area contributed by atoms with Gasteiger partial charge in [-0.05, 0) is 32.7 Å². The van der Waals surface area contributed by atoms with E-state index in [2.05, 4.69) is 43.2 Å². The topological polar surface area (TPSA) is 60.2 Å². The Kier molecular flexibility index (Phi) is 6.45. The van der Waals surface area contributed by atoms with Crippen molar-refractivity contribution in [3.8, 4) is 0 Å². The van der Waals surface area contributed by atoms with Crippen molar-refractivity contribution in [1.82, 2.24) is 15.5 Å². The van der Waals surface area contributed by atoms with Crippen LogP contribution in [0.4, 0.5) is 0 Å². The van der Waals surface area contributed by atoms with E-state index in [1.54, 1.807) is 7.11 Å². The first-order chi connectivity index (χ1) is 9.11. The largest absolute Gasteiger partial charge is 0.370 e. The van der Waals surface area contributed by atoms with Crippen molar-refractivity contribution in [2.45, 2.75) is 65.0 Å². The van der Waals surface area contributed by atoms with Gasteiger partial charge in [0.25, 0.3) is 0 Å². The van der Waals surface area contributed by atoms with Gasteiger partial charge in [0.1, 0.15) is 5.60 Å². The zero-order valence-corrected chi connectivity index (χ0v) is 12.8. The molecule has 0 saturated carbocycles. The summed E-state index contributed by atoms with van der Waals surface area (Å²) in [5, 5.41) is 7.51. The van der Waals surface area contributed by atoms with Gasteiger partial charge in [0.05, 0.1) is 0 Å². The van der Waals surface area contributed by atoms with Crippen molar-refractivity contribution in [3.63, 3.8) is 0 Å². The molecule has 1 rings (SSSR count). The predicted octanol–water partition coefficient (Wildman–Crippen LogP) is 2.66. The molecular weight excluding hydrogens is 242 g/mol. The monoisotopic (exact) mass is 269 g/mol. The minimum absolute atomic E-state index is 0.341. The minimum Gasteiger partial charge on any atom is -0.370 e. The highest BCUT2D eigenvalue weighted by Gasteiger charge is 2.33. The number of nitrogens with zero attached hydrogens (tertiary/aromatic N) is 2. The highest BCUT2D eigenvalue weighted by molar-refractivity contribution is 5.01. The van der Waals surface area contributed by atoms with Gasteiger partial charge in [0, 0.05) is 19.6 Å². The normalized spacial score (nSPS) is 13.7. The fourth-order valence-corrected chi connectivity index (χ4v) is 2.19. The Morgan fingerprint density at radius 2 is 2.00 bits per heavy atom. The maximum Gasteiger partial charge on any atom is 0.228 e. The summed E-state index contributed by atoms with van der Waals surface area (Å²) in [4.78, 5) is 4.50. The molecule has 1 unspecified atom stereocenters. The van der Waals surface area contributed by atoms with Crippen LogP contribution in [0.1, 0.15) is 58.7 Å². The Labute approximate surface area is 116 Å². The molecule has 0 fully saturated rings. The Morgan fingerprint density at radius 3 is 2.53 bits per heavy atom. The summed E-state index contributed by atoms with van der Waals surface area (Å²) in [5.41, 5.74) is -0.415. The van der Waals surface area contributed by atoms with Gasteiger partial charge < -0.3 is 14.6 Å². The average Bonchev–Trinajstić information content (AvgIpc) is 2.88. The van der Waals surface area contributed by atoms with E-state index in [1.807, 2.05) is 0 Å². The van der Waals surface area contributed by atoms with Gasteiger partial charge in [-0.25, -0.2) is 0 Å². The van der Waals surface area contributed by atoms with E-state index in [1.165, 1.54) is 0 Å². The maximum atomic E-state index is 5.60. The average molecular weight is 269 g/mol. The highest BCUT2D eigenvalue weighted by atomic mass is 16.5. The molecule has 0 aliphatic heterocycles. The second-order valence-corrected chi connectivity index (χ2v) is 4.98. The molecule has 1 N–H and O–H groups in total. The van der Waals surface area contributed by atoms with E-state index >= 15 is 0 Å². The lowest BCUT2D eigenvalue weighted by Gasteiger charge is -2.25. The zero-order chi connectivity index (χ0) is 14.3. The number of nitrogens with one attached hydrogen (secondary N) is 1. The van der Waals surface area contributed by atoms with Crippen LogP contribution in [-0.4, -0.2) is 29.8 Å². The molecule has 5 nitrogen and oxygen atoms in total. The number of ether oxygens (including phenoxy) is 1. The van der Waals surface area contributed by atoms with Crippen LogP contribution in [-0.2, 0) is 16.8 Å². The first-order valence-corrected chi connectivity index (χ1v) is 7.23. The summed E-state index contributed by atoms with van der Waals surface area (Å²) in [7, 11) is 1.70. The Bertz CT molecular complexity index is 353. The molecule has 1 aromatic heterocycles. The number of hydrogen-bond donors (Lipinski definition) is 1. The number of methoxy groups -OCH3 is 1. The standard InChI is InChI=1S/C14H27N3O2/c1-6-9-15-11(4)10-12-16-13(17-19-12)14(7-2,8-3)18-5/h11,15H,6-10H2,1-5H3. The lowest BCUT2D eigenvalue weighted by atomic mass is 9.96. The zero-order valence-electron chi connectivity index (χ0n) is 12.8. The van der Waals surface area contributed by atoms with Gasteiger partial charge in [-0.3, -0.25) is 0 Å². The van der Waals surface area contributed by atoms with E-state index < -0.39 is 5.60 Å².